The summed E-state index contributed by atoms with van der Waals surface area (Å²) in [5.74, 6) is 0.521. The second-order valence-electron chi connectivity index (χ2n) is 4.42. The van der Waals surface area contributed by atoms with Gasteiger partial charge < -0.3 is 0 Å². The average Bonchev–Trinajstić information content (AvgIpc) is 2.50. The second-order valence-corrected chi connectivity index (χ2v) is 5.40. The second kappa shape index (κ2) is 8.44. The summed E-state index contributed by atoms with van der Waals surface area (Å²) in [5.41, 5.74) is 4.39. The van der Waals surface area contributed by atoms with Crippen LogP contribution in [0.3, 0.4) is 0 Å². The van der Waals surface area contributed by atoms with E-state index in [9.17, 15) is 9.18 Å². The molecule has 0 saturated carbocycles. The topological polar surface area (TPSA) is 38.3 Å². The first-order valence-corrected chi connectivity index (χ1v) is 7.66. The summed E-state index contributed by atoms with van der Waals surface area (Å²) >= 11 is 1.45. The van der Waals surface area contributed by atoms with Gasteiger partial charge in [0.25, 0.3) is 5.91 Å². The molecule has 0 saturated heterocycles. The largest absolute Gasteiger partial charge is 0.272 e. The molecule has 1 amide bonds. The van der Waals surface area contributed by atoms with E-state index in [0.717, 1.165) is 11.1 Å². The van der Waals surface area contributed by atoms with Crippen molar-refractivity contribution in [2.24, 2.45) is 0 Å². The van der Waals surface area contributed by atoms with Crippen molar-refractivity contribution in [1.82, 2.24) is 5.48 Å². The zero-order valence-electron chi connectivity index (χ0n) is 11.4. The third-order valence-corrected chi connectivity index (χ3v) is 3.69. The van der Waals surface area contributed by atoms with Gasteiger partial charge >= 0.3 is 0 Å². The van der Waals surface area contributed by atoms with Gasteiger partial charge in [0.15, 0.2) is 0 Å². The number of nitrogens with one attached hydrogen (secondary N) is 1. The quantitative estimate of drug-likeness (QED) is 0.798. The maximum absolute atomic E-state index is 12.7. The zero-order valence-corrected chi connectivity index (χ0v) is 12.2. The van der Waals surface area contributed by atoms with E-state index in [1.165, 1.54) is 23.9 Å². The summed E-state index contributed by atoms with van der Waals surface area (Å²) in [4.78, 5) is 16.7. The van der Waals surface area contributed by atoms with Gasteiger partial charge in [0.1, 0.15) is 5.82 Å². The summed E-state index contributed by atoms with van der Waals surface area (Å²) in [6, 6.07) is 15.9. The third kappa shape index (κ3) is 5.97. The Morgan fingerprint density at radius 2 is 1.76 bits per heavy atom. The van der Waals surface area contributed by atoms with Gasteiger partial charge in [-0.2, -0.15) is 0 Å². The van der Waals surface area contributed by atoms with Crippen molar-refractivity contribution in [3.8, 4) is 0 Å². The highest BCUT2D eigenvalue weighted by Gasteiger charge is 2.02. The van der Waals surface area contributed by atoms with Crippen molar-refractivity contribution >= 4 is 17.7 Å². The van der Waals surface area contributed by atoms with Crippen molar-refractivity contribution in [3.05, 3.63) is 71.5 Å². The molecule has 0 heterocycles. The van der Waals surface area contributed by atoms with Gasteiger partial charge in [0.2, 0.25) is 0 Å². The number of hydrogen-bond acceptors (Lipinski definition) is 3. The smallest absolute Gasteiger partial charge is 0.253 e. The lowest BCUT2D eigenvalue weighted by Gasteiger charge is -2.06. The first-order chi connectivity index (χ1) is 10.2. The van der Waals surface area contributed by atoms with Crippen molar-refractivity contribution in [3.63, 3.8) is 0 Å². The van der Waals surface area contributed by atoms with Crippen LogP contribution in [0, 0.1) is 5.82 Å². The Morgan fingerprint density at radius 3 is 2.48 bits per heavy atom. The predicted molar refractivity (Wildman–Crippen MR) is 81.9 cm³/mol. The summed E-state index contributed by atoms with van der Waals surface area (Å²) in [6.45, 7) is 0.342. The minimum Gasteiger partial charge on any atom is -0.272 e. The fourth-order valence-electron chi connectivity index (χ4n) is 1.65. The van der Waals surface area contributed by atoms with Crippen LogP contribution in [0.15, 0.2) is 54.6 Å². The zero-order chi connectivity index (χ0) is 14.9. The number of halogens is 1. The summed E-state index contributed by atoms with van der Waals surface area (Å²) in [5, 5.41) is 0. The molecule has 3 nitrogen and oxygen atoms in total. The number of carbonyl (C=O) groups is 1. The number of benzene rings is 2. The lowest BCUT2D eigenvalue weighted by molar-refractivity contribution is -0.131. The molecule has 110 valence electrons. The van der Waals surface area contributed by atoms with Crippen LogP contribution in [0.5, 0.6) is 0 Å². The summed E-state index contributed by atoms with van der Waals surface area (Å²) < 4.78 is 12.7. The third-order valence-electron chi connectivity index (χ3n) is 2.68. The van der Waals surface area contributed by atoms with E-state index >= 15 is 0 Å². The summed E-state index contributed by atoms with van der Waals surface area (Å²) in [6.07, 6.45) is 0. The standard InChI is InChI=1S/C16H16FNO2S/c17-15-8-6-14(7-9-15)11-21-12-16(19)18-20-10-13-4-2-1-3-5-13/h1-9H,10-12H2,(H,18,19). The van der Waals surface area contributed by atoms with Crippen LogP contribution >= 0.6 is 11.8 Å². The number of amides is 1. The van der Waals surface area contributed by atoms with Gasteiger partial charge in [-0.05, 0) is 23.3 Å². The van der Waals surface area contributed by atoms with E-state index in [4.69, 9.17) is 4.84 Å². The van der Waals surface area contributed by atoms with Gasteiger partial charge in [0.05, 0.1) is 12.4 Å². The Kier molecular flexibility index (Phi) is 6.24. The Balaban J connectivity index is 1.60. The van der Waals surface area contributed by atoms with Crippen LogP contribution < -0.4 is 5.48 Å². The SMILES string of the molecule is O=C(CSCc1ccc(F)cc1)NOCc1ccccc1. The van der Waals surface area contributed by atoms with E-state index < -0.39 is 0 Å². The fourth-order valence-corrected chi connectivity index (χ4v) is 2.42. The maximum Gasteiger partial charge on any atom is 0.253 e. The van der Waals surface area contributed by atoms with Crippen LogP contribution in [0.1, 0.15) is 11.1 Å². The monoisotopic (exact) mass is 305 g/mol. The molecule has 1 N–H and O–H groups in total. The van der Waals surface area contributed by atoms with Crippen LogP contribution in [-0.4, -0.2) is 11.7 Å². The van der Waals surface area contributed by atoms with Gasteiger partial charge in [-0.15, -0.1) is 11.8 Å². The van der Waals surface area contributed by atoms with E-state index in [-0.39, 0.29) is 11.7 Å². The van der Waals surface area contributed by atoms with Crippen LogP contribution in [0.2, 0.25) is 0 Å². The van der Waals surface area contributed by atoms with E-state index in [1.54, 1.807) is 12.1 Å². The van der Waals surface area contributed by atoms with Crippen molar-refractivity contribution < 1.29 is 14.0 Å². The Hall–Kier alpha value is -1.85. The minimum absolute atomic E-state index is 0.182. The highest BCUT2D eigenvalue weighted by molar-refractivity contribution is 7.99. The molecule has 0 aromatic heterocycles. The van der Waals surface area contributed by atoms with E-state index in [2.05, 4.69) is 5.48 Å². The first kappa shape index (κ1) is 15.5. The van der Waals surface area contributed by atoms with E-state index in [1.807, 2.05) is 30.3 Å². The lowest BCUT2D eigenvalue weighted by atomic mass is 10.2. The summed E-state index contributed by atoms with van der Waals surface area (Å²) in [7, 11) is 0. The molecule has 0 spiro atoms. The molecular weight excluding hydrogens is 289 g/mol. The van der Waals surface area contributed by atoms with Crippen molar-refractivity contribution in [1.29, 1.82) is 0 Å². The fraction of sp³-hybridized carbons (Fsp3) is 0.188. The highest BCUT2D eigenvalue weighted by Crippen LogP contribution is 2.12. The molecule has 2 aromatic rings. The molecule has 0 bridgehead atoms. The average molecular weight is 305 g/mol. The Labute approximate surface area is 127 Å². The van der Waals surface area contributed by atoms with Gasteiger partial charge in [-0.25, -0.2) is 9.87 Å². The molecule has 21 heavy (non-hydrogen) atoms. The van der Waals surface area contributed by atoms with Gasteiger partial charge in [-0.1, -0.05) is 42.5 Å². The maximum atomic E-state index is 12.7. The number of hydroxylamine groups is 1. The number of hydrogen-bond donors (Lipinski definition) is 1. The van der Waals surface area contributed by atoms with Crippen LogP contribution in [0.4, 0.5) is 4.39 Å². The van der Waals surface area contributed by atoms with Gasteiger partial charge in [0, 0.05) is 5.75 Å². The Bertz CT molecular complexity index is 560. The molecule has 5 heteroatoms. The number of thioether (sulfide) groups is 1. The molecule has 0 radical (unpaired) electrons. The minimum atomic E-state index is -0.254. The van der Waals surface area contributed by atoms with E-state index in [0.29, 0.717) is 18.1 Å². The Morgan fingerprint density at radius 1 is 1.05 bits per heavy atom. The van der Waals surface area contributed by atoms with Crippen molar-refractivity contribution in [2.45, 2.75) is 12.4 Å². The molecule has 0 atom stereocenters. The first-order valence-electron chi connectivity index (χ1n) is 6.51. The van der Waals surface area contributed by atoms with Gasteiger partial charge in [-0.3, -0.25) is 9.63 Å². The molecular formula is C16H16FNO2S. The predicted octanol–water partition coefficient (Wildman–Crippen LogP) is 3.31. The molecule has 0 aliphatic heterocycles. The molecule has 0 unspecified atom stereocenters. The molecule has 0 aliphatic rings. The van der Waals surface area contributed by atoms with Crippen molar-refractivity contribution in [2.75, 3.05) is 5.75 Å². The van der Waals surface area contributed by atoms with Crippen LogP contribution in [-0.2, 0) is 22.0 Å². The lowest BCUT2D eigenvalue weighted by Crippen LogP contribution is -2.25. The van der Waals surface area contributed by atoms with Crippen LogP contribution in [0.25, 0.3) is 0 Å². The molecule has 2 aromatic carbocycles. The molecule has 2 rings (SSSR count). The molecule has 0 fully saturated rings. The highest BCUT2D eigenvalue weighted by atomic mass is 32.2. The normalized spacial score (nSPS) is 10.3. The molecule has 0 aliphatic carbocycles. The number of rotatable bonds is 7. The number of carbonyl (C=O) groups excluding carboxylic acids is 1.